The number of rotatable bonds is 5. The van der Waals surface area contributed by atoms with Crippen molar-refractivity contribution >= 4 is 29.1 Å². The molecule has 1 heterocycles. The summed E-state index contributed by atoms with van der Waals surface area (Å²) in [5.74, 6) is 0.131. The van der Waals surface area contributed by atoms with E-state index in [9.17, 15) is 9.59 Å². The van der Waals surface area contributed by atoms with E-state index in [-0.39, 0.29) is 5.78 Å². The van der Waals surface area contributed by atoms with Gasteiger partial charge >= 0.3 is 5.97 Å². The highest BCUT2D eigenvalue weighted by Gasteiger charge is 2.28. The van der Waals surface area contributed by atoms with Gasteiger partial charge in [0.25, 0.3) is 0 Å². The third kappa shape index (κ3) is 4.04. The Hall–Kier alpha value is -3.19. The molecule has 3 rings (SSSR count). The number of allylic oxidation sites excluding steroid dienone is 1. The Morgan fingerprint density at radius 3 is 2.43 bits per heavy atom. The molecule has 0 spiro atoms. The van der Waals surface area contributed by atoms with Crippen molar-refractivity contribution in [2.24, 2.45) is 0 Å². The molecule has 1 atom stereocenters. The predicted molar refractivity (Wildman–Crippen MR) is 109 cm³/mol. The zero-order valence-electron chi connectivity index (χ0n) is 15.7. The molecule has 0 amide bonds. The van der Waals surface area contributed by atoms with Gasteiger partial charge in [-0.15, -0.1) is 0 Å². The van der Waals surface area contributed by atoms with Gasteiger partial charge in [-0.05, 0) is 55.9 Å². The largest absolute Gasteiger partial charge is 0.493 e. The number of ether oxygens (including phenoxy) is 2. The van der Waals surface area contributed by atoms with E-state index in [2.05, 4.69) is 10.6 Å². The number of Topliss-reactive ketones (excluding diaryl/α,β-unsaturated/α-hetero) is 1. The Kier molecular flexibility index (Phi) is 5.75. The molecule has 0 aromatic heterocycles. The van der Waals surface area contributed by atoms with Crippen molar-refractivity contribution in [2.75, 3.05) is 7.11 Å². The summed E-state index contributed by atoms with van der Waals surface area (Å²) in [7, 11) is 1.49. The van der Waals surface area contributed by atoms with E-state index < -0.39 is 12.0 Å². The van der Waals surface area contributed by atoms with Crippen LogP contribution in [0.1, 0.15) is 35.8 Å². The monoisotopic (exact) mass is 396 g/mol. The molecule has 2 aromatic carbocycles. The number of hydrogen-bond acceptors (Lipinski definition) is 5. The van der Waals surface area contributed by atoms with E-state index in [1.54, 1.807) is 42.5 Å². The Bertz CT molecular complexity index is 970. The van der Waals surface area contributed by atoms with E-state index >= 15 is 0 Å². The zero-order chi connectivity index (χ0) is 20.3. The standard InChI is InChI=1S/C21H20N2O4S/c1-12-18(13(2)24)19(23-21(28)22-12)15-9-10-16(17(11-15)26-3)27-20(25)14-7-5-4-6-8-14/h4-11,19H,1-3H3,(H2,22,23,28). The topological polar surface area (TPSA) is 76.7 Å². The summed E-state index contributed by atoms with van der Waals surface area (Å²) in [4.78, 5) is 24.5. The first kappa shape index (κ1) is 19.6. The number of carbonyl (C=O) groups is 2. The van der Waals surface area contributed by atoms with Crippen molar-refractivity contribution in [3.63, 3.8) is 0 Å². The second-order valence-corrected chi connectivity index (χ2v) is 6.70. The van der Waals surface area contributed by atoms with Crippen molar-refractivity contribution in [1.29, 1.82) is 0 Å². The third-order valence-electron chi connectivity index (χ3n) is 4.38. The fourth-order valence-electron chi connectivity index (χ4n) is 3.09. The van der Waals surface area contributed by atoms with Crippen LogP contribution in [0.3, 0.4) is 0 Å². The maximum atomic E-state index is 12.3. The van der Waals surface area contributed by atoms with Gasteiger partial charge in [-0.2, -0.15) is 0 Å². The molecule has 0 saturated carbocycles. The number of methoxy groups -OCH3 is 1. The maximum absolute atomic E-state index is 12.3. The number of hydrogen-bond donors (Lipinski definition) is 2. The minimum atomic E-state index is -0.479. The second kappa shape index (κ2) is 8.22. The molecule has 0 bridgehead atoms. The number of benzene rings is 2. The minimum Gasteiger partial charge on any atom is -0.493 e. The van der Waals surface area contributed by atoms with Crippen LogP contribution in [0, 0.1) is 0 Å². The molecule has 2 N–H and O–H groups in total. The molecule has 0 fully saturated rings. The molecule has 2 aromatic rings. The van der Waals surface area contributed by atoms with Crippen molar-refractivity contribution < 1.29 is 19.1 Å². The molecule has 6 nitrogen and oxygen atoms in total. The number of thiocarbonyl (C=S) groups is 1. The summed E-state index contributed by atoms with van der Waals surface area (Å²) in [5.41, 5.74) is 2.51. The zero-order valence-corrected chi connectivity index (χ0v) is 16.6. The highest BCUT2D eigenvalue weighted by molar-refractivity contribution is 7.80. The van der Waals surface area contributed by atoms with E-state index in [1.165, 1.54) is 14.0 Å². The van der Waals surface area contributed by atoms with Gasteiger partial charge in [0.2, 0.25) is 0 Å². The van der Waals surface area contributed by atoms with E-state index in [0.717, 1.165) is 5.56 Å². The molecule has 1 aliphatic heterocycles. The molecule has 1 aliphatic rings. The van der Waals surface area contributed by atoms with Crippen LogP contribution in [0.5, 0.6) is 11.5 Å². The third-order valence-corrected chi connectivity index (χ3v) is 4.60. The lowest BCUT2D eigenvalue weighted by Gasteiger charge is -2.30. The lowest BCUT2D eigenvalue weighted by Crippen LogP contribution is -2.44. The van der Waals surface area contributed by atoms with Crippen LogP contribution >= 0.6 is 12.2 Å². The first-order valence-electron chi connectivity index (χ1n) is 8.65. The summed E-state index contributed by atoms with van der Waals surface area (Å²) in [5, 5.41) is 6.52. The quantitative estimate of drug-likeness (QED) is 0.456. The maximum Gasteiger partial charge on any atom is 0.343 e. The Morgan fingerprint density at radius 2 is 1.79 bits per heavy atom. The fraction of sp³-hybridized carbons (Fsp3) is 0.190. The molecule has 28 heavy (non-hydrogen) atoms. The van der Waals surface area contributed by atoms with Gasteiger partial charge in [0.05, 0.1) is 18.7 Å². The smallest absolute Gasteiger partial charge is 0.343 e. The number of carbonyl (C=O) groups excluding carboxylic acids is 2. The second-order valence-electron chi connectivity index (χ2n) is 6.29. The van der Waals surface area contributed by atoms with Gasteiger partial charge < -0.3 is 20.1 Å². The molecule has 1 unspecified atom stereocenters. The van der Waals surface area contributed by atoms with Crippen molar-refractivity contribution in [1.82, 2.24) is 10.6 Å². The molecule has 7 heteroatoms. The SMILES string of the molecule is COc1cc(C2NC(=S)NC(C)=C2C(C)=O)ccc1OC(=O)c1ccccc1. The fourth-order valence-corrected chi connectivity index (χ4v) is 3.36. The predicted octanol–water partition coefficient (Wildman–Crippen LogP) is 3.30. The molecule has 0 radical (unpaired) electrons. The average molecular weight is 396 g/mol. The minimum absolute atomic E-state index is 0.0662. The normalized spacial score (nSPS) is 16.1. The van der Waals surface area contributed by atoms with Crippen molar-refractivity contribution in [2.45, 2.75) is 19.9 Å². The van der Waals surface area contributed by atoms with Crippen molar-refractivity contribution in [3.05, 3.63) is 70.9 Å². The lowest BCUT2D eigenvalue weighted by atomic mass is 9.93. The number of esters is 1. The first-order chi connectivity index (χ1) is 13.4. The van der Waals surface area contributed by atoms with Crippen LogP contribution < -0.4 is 20.1 Å². The van der Waals surface area contributed by atoms with E-state index in [0.29, 0.717) is 33.4 Å². The van der Waals surface area contributed by atoms with Crippen LogP contribution in [0.2, 0.25) is 0 Å². The van der Waals surface area contributed by atoms with E-state index in [4.69, 9.17) is 21.7 Å². The highest BCUT2D eigenvalue weighted by atomic mass is 32.1. The van der Waals surface area contributed by atoms with Crippen LogP contribution in [0.25, 0.3) is 0 Å². The van der Waals surface area contributed by atoms with Crippen molar-refractivity contribution in [3.8, 4) is 11.5 Å². The molecule has 144 valence electrons. The van der Waals surface area contributed by atoms with Gasteiger partial charge in [0, 0.05) is 11.3 Å². The van der Waals surface area contributed by atoms with Crippen LogP contribution in [-0.2, 0) is 4.79 Å². The van der Waals surface area contributed by atoms with Gasteiger partial charge in [-0.25, -0.2) is 4.79 Å². The van der Waals surface area contributed by atoms with Crippen LogP contribution in [-0.4, -0.2) is 24.0 Å². The summed E-state index contributed by atoms with van der Waals surface area (Å²) in [6, 6.07) is 13.4. The van der Waals surface area contributed by atoms with Crippen LogP contribution in [0.4, 0.5) is 0 Å². The summed E-state index contributed by atoms with van der Waals surface area (Å²) < 4.78 is 10.9. The number of nitrogens with one attached hydrogen (secondary N) is 2. The molecule has 0 aliphatic carbocycles. The molecule has 0 saturated heterocycles. The van der Waals surface area contributed by atoms with Gasteiger partial charge in [0.1, 0.15) is 0 Å². The Labute approximate surface area is 168 Å². The van der Waals surface area contributed by atoms with Gasteiger partial charge in [-0.1, -0.05) is 24.3 Å². The Balaban J connectivity index is 1.93. The average Bonchev–Trinajstić information content (AvgIpc) is 2.67. The Morgan fingerprint density at radius 1 is 1.07 bits per heavy atom. The van der Waals surface area contributed by atoms with Crippen LogP contribution in [0.15, 0.2) is 59.8 Å². The molecular weight excluding hydrogens is 376 g/mol. The highest BCUT2D eigenvalue weighted by Crippen LogP contribution is 2.34. The van der Waals surface area contributed by atoms with Gasteiger partial charge in [0.15, 0.2) is 22.4 Å². The summed E-state index contributed by atoms with van der Waals surface area (Å²) in [6.07, 6.45) is 0. The van der Waals surface area contributed by atoms with E-state index in [1.807, 2.05) is 13.0 Å². The lowest BCUT2D eigenvalue weighted by molar-refractivity contribution is -0.114. The van der Waals surface area contributed by atoms with Gasteiger partial charge in [-0.3, -0.25) is 4.79 Å². The number of ketones is 1. The first-order valence-corrected chi connectivity index (χ1v) is 9.06. The summed E-state index contributed by atoms with van der Waals surface area (Å²) >= 11 is 5.23. The summed E-state index contributed by atoms with van der Waals surface area (Å²) in [6.45, 7) is 3.32. The molecular formula is C21H20N2O4S.